The number of aromatic carboxylic acids is 1. The lowest BCUT2D eigenvalue weighted by Gasteiger charge is -2.10. The van der Waals surface area contributed by atoms with Crippen molar-refractivity contribution in [1.82, 2.24) is 4.98 Å². The average molecular weight is 278 g/mol. The Bertz CT molecular complexity index is 613. The summed E-state index contributed by atoms with van der Waals surface area (Å²) in [5.74, 6) is -0.384. The van der Waals surface area contributed by atoms with Crippen LogP contribution in [0.5, 0.6) is 11.6 Å². The molecule has 0 spiro atoms. The van der Waals surface area contributed by atoms with Gasteiger partial charge in [-0.3, -0.25) is 0 Å². The first-order valence-electron chi connectivity index (χ1n) is 5.77. The largest absolute Gasteiger partial charge is 0.478 e. The van der Waals surface area contributed by atoms with Crippen LogP contribution in [0.4, 0.5) is 0 Å². The molecule has 0 saturated heterocycles. The molecule has 0 unspecified atom stereocenters. The van der Waals surface area contributed by atoms with Crippen molar-refractivity contribution < 1.29 is 14.6 Å². The first-order chi connectivity index (χ1) is 9.13. The lowest BCUT2D eigenvalue weighted by molar-refractivity contribution is 0.0696. The third-order valence-corrected chi connectivity index (χ3v) is 3.01. The molecular weight excluding hydrogens is 266 g/mol. The summed E-state index contributed by atoms with van der Waals surface area (Å²) in [6.07, 6.45) is 2.16. The van der Waals surface area contributed by atoms with Crippen molar-refractivity contribution in [3.8, 4) is 11.6 Å². The zero-order chi connectivity index (χ0) is 13.8. The van der Waals surface area contributed by atoms with E-state index in [0.717, 1.165) is 12.0 Å². The van der Waals surface area contributed by atoms with E-state index in [0.29, 0.717) is 5.75 Å². The van der Waals surface area contributed by atoms with Crippen LogP contribution in [0.1, 0.15) is 22.8 Å². The highest BCUT2D eigenvalue weighted by atomic mass is 35.5. The second kappa shape index (κ2) is 5.71. The van der Waals surface area contributed by atoms with Crippen LogP contribution in [0.25, 0.3) is 0 Å². The summed E-state index contributed by atoms with van der Waals surface area (Å²) < 4.78 is 5.62. The van der Waals surface area contributed by atoms with Crippen LogP contribution >= 0.6 is 11.6 Å². The van der Waals surface area contributed by atoms with Crippen LogP contribution in [-0.4, -0.2) is 16.1 Å². The second-order valence-corrected chi connectivity index (χ2v) is 4.22. The molecule has 0 aliphatic heterocycles. The van der Waals surface area contributed by atoms with E-state index in [2.05, 4.69) is 4.98 Å². The molecule has 2 rings (SSSR count). The number of carboxylic acids is 1. The van der Waals surface area contributed by atoms with Gasteiger partial charge >= 0.3 is 5.97 Å². The molecule has 98 valence electrons. The summed E-state index contributed by atoms with van der Waals surface area (Å²) in [6, 6.07) is 8.82. The fourth-order valence-electron chi connectivity index (χ4n) is 1.66. The van der Waals surface area contributed by atoms with Crippen LogP contribution in [0.3, 0.4) is 0 Å². The first-order valence-corrected chi connectivity index (χ1v) is 6.14. The van der Waals surface area contributed by atoms with Gasteiger partial charge in [-0.1, -0.05) is 36.7 Å². The minimum absolute atomic E-state index is 0.000839. The summed E-state index contributed by atoms with van der Waals surface area (Å²) in [7, 11) is 0. The Morgan fingerprint density at radius 3 is 2.79 bits per heavy atom. The number of hydrogen-bond acceptors (Lipinski definition) is 3. The summed E-state index contributed by atoms with van der Waals surface area (Å²) in [4.78, 5) is 15.0. The zero-order valence-electron chi connectivity index (χ0n) is 10.3. The van der Waals surface area contributed by atoms with Gasteiger partial charge in [0.2, 0.25) is 5.88 Å². The van der Waals surface area contributed by atoms with Gasteiger partial charge in [0, 0.05) is 6.20 Å². The fourth-order valence-corrected chi connectivity index (χ4v) is 1.89. The van der Waals surface area contributed by atoms with E-state index < -0.39 is 5.97 Å². The molecule has 0 bridgehead atoms. The summed E-state index contributed by atoms with van der Waals surface area (Å²) in [5.41, 5.74) is 0.974. The Morgan fingerprint density at radius 2 is 2.11 bits per heavy atom. The van der Waals surface area contributed by atoms with Crippen LogP contribution in [-0.2, 0) is 6.42 Å². The minimum Gasteiger partial charge on any atom is -0.478 e. The smallest absolute Gasteiger partial charge is 0.337 e. The van der Waals surface area contributed by atoms with Crippen LogP contribution in [0, 0.1) is 0 Å². The van der Waals surface area contributed by atoms with E-state index in [-0.39, 0.29) is 16.5 Å². The summed E-state index contributed by atoms with van der Waals surface area (Å²) in [6.45, 7) is 2.00. The highest BCUT2D eigenvalue weighted by Gasteiger charge is 2.15. The molecule has 1 heterocycles. The Balaban J connectivity index is 2.39. The molecule has 0 radical (unpaired) electrons. The molecule has 0 atom stereocenters. The van der Waals surface area contributed by atoms with Crippen LogP contribution in [0.2, 0.25) is 5.02 Å². The van der Waals surface area contributed by atoms with Gasteiger partial charge in [-0.2, -0.15) is 0 Å². The number of rotatable bonds is 4. The summed E-state index contributed by atoms with van der Waals surface area (Å²) in [5, 5.41) is 8.99. The minimum atomic E-state index is -1.11. The number of pyridine rings is 1. The maximum atomic E-state index is 11.0. The van der Waals surface area contributed by atoms with E-state index >= 15 is 0 Å². The number of aryl methyl sites for hydroxylation is 1. The van der Waals surface area contributed by atoms with E-state index in [1.807, 2.05) is 25.1 Å². The molecule has 2 aromatic rings. The molecule has 4 nitrogen and oxygen atoms in total. The number of benzene rings is 1. The van der Waals surface area contributed by atoms with Crippen molar-refractivity contribution >= 4 is 17.6 Å². The van der Waals surface area contributed by atoms with Gasteiger partial charge in [0.25, 0.3) is 0 Å². The van der Waals surface area contributed by atoms with Gasteiger partial charge in [0.15, 0.2) is 0 Å². The monoisotopic (exact) mass is 277 g/mol. The molecule has 0 amide bonds. The molecule has 1 aromatic carbocycles. The quantitative estimate of drug-likeness (QED) is 0.924. The number of halogens is 1. The Hall–Kier alpha value is -2.07. The van der Waals surface area contributed by atoms with Gasteiger partial charge in [0.1, 0.15) is 10.8 Å². The van der Waals surface area contributed by atoms with Crippen LogP contribution < -0.4 is 4.74 Å². The second-order valence-electron chi connectivity index (χ2n) is 3.85. The molecule has 1 aromatic heterocycles. The normalized spacial score (nSPS) is 10.2. The van der Waals surface area contributed by atoms with Crippen LogP contribution in [0.15, 0.2) is 36.5 Å². The number of para-hydroxylation sites is 1. The van der Waals surface area contributed by atoms with Crippen molar-refractivity contribution in [3.63, 3.8) is 0 Å². The average Bonchev–Trinajstić information content (AvgIpc) is 2.41. The third-order valence-electron chi connectivity index (χ3n) is 2.65. The fraction of sp³-hybridized carbons (Fsp3) is 0.143. The van der Waals surface area contributed by atoms with E-state index in [1.165, 1.54) is 12.3 Å². The first kappa shape index (κ1) is 13.4. The number of nitrogens with zero attached hydrogens (tertiary/aromatic N) is 1. The van der Waals surface area contributed by atoms with Crippen molar-refractivity contribution in [3.05, 3.63) is 52.7 Å². The third kappa shape index (κ3) is 2.85. The van der Waals surface area contributed by atoms with Gasteiger partial charge < -0.3 is 9.84 Å². The molecule has 0 fully saturated rings. The van der Waals surface area contributed by atoms with Gasteiger partial charge in [-0.25, -0.2) is 9.78 Å². The Kier molecular flexibility index (Phi) is 4.02. The Labute approximate surface area is 115 Å². The highest BCUT2D eigenvalue weighted by molar-refractivity contribution is 6.34. The molecule has 0 aliphatic carbocycles. The lowest BCUT2D eigenvalue weighted by atomic mass is 10.1. The molecule has 5 heteroatoms. The number of ether oxygens (including phenoxy) is 1. The molecular formula is C14H12ClNO3. The number of carboxylic acid groups (broad SMARTS) is 1. The van der Waals surface area contributed by atoms with Gasteiger partial charge in [-0.05, 0) is 24.1 Å². The molecule has 19 heavy (non-hydrogen) atoms. The number of aromatic nitrogens is 1. The standard InChI is InChI=1S/C14H12ClNO3/c1-2-9-5-3-4-6-11(9)19-13-12(15)10(14(17)18)7-8-16-13/h3-8H,2H2,1H3,(H,17,18). The maximum absolute atomic E-state index is 11.0. The predicted molar refractivity (Wildman–Crippen MR) is 72.1 cm³/mol. The van der Waals surface area contributed by atoms with Crippen molar-refractivity contribution in [2.24, 2.45) is 0 Å². The number of carbonyl (C=O) groups is 1. The maximum Gasteiger partial charge on any atom is 0.337 e. The summed E-state index contributed by atoms with van der Waals surface area (Å²) >= 11 is 5.98. The lowest BCUT2D eigenvalue weighted by Crippen LogP contribution is -2.00. The van der Waals surface area contributed by atoms with Gasteiger partial charge in [0.05, 0.1) is 5.56 Å². The molecule has 0 aliphatic rings. The van der Waals surface area contributed by atoms with Crippen molar-refractivity contribution in [2.45, 2.75) is 13.3 Å². The SMILES string of the molecule is CCc1ccccc1Oc1nccc(C(=O)O)c1Cl. The Morgan fingerprint density at radius 1 is 1.37 bits per heavy atom. The van der Waals surface area contributed by atoms with E-state index in [1.54, 1.807) is 6.07 Å². The zero-order valence-corrected chi connectivity index (χ0v) is 11.0. The van der Waals surface area contributed by atoms with Gasteiger partial charge in [-0.15, -0.1) is 0 Å². The van der Waals surface area contributed by atoms with E-state index in [9.17, 15) is 4.79 Å². The highest BCUT2D eigenvalue weighted by Crippen LogP contribution is 2.31. The molecule has 1 N–H and O–H groups in total. The van der Waals surface area contributed by atoms with Crippen molar-refractivity contribution in [2.75, 3.05) is 0 Å². The predicted octanol–water partition coefficient (Wildman–Crippen LogP) is 3.79. The molecule has 0 saturated carbocycles. The van der Waals surface area contributed by atoms with Crippen molar-refractivity contribution in [1.29, 1.82) is 0 Å². The topological polar surface area (TPSA) is 59.4 Å². The number of hydrogen-bond donors (Lipinski definition) is 1. The van der Waals surface area contributed by atoms with E-state index in [4.69, 9.17) is 21.4 Å².